The summed E-state index contributed by atoms with van der Waals surface area (Å²) in [6, 6.07) is 13.4. The van der Waals surface area contributed by atoms with Gasteiger partial charge in [0, 0.05) is 12.1 Å². The number of ketones is 1. The SMILES string of the molecule is C=CCOc1ccc(/C(O)=C2\C(=O)C(=O)N(CCCN(C)C)[C@@H]2c2ccc(OCCC)cc2)cc1. The maximum atomic E-state index is 13.1. The number of ether oxygens (including phenoxy) is 2. The Morgan fingerprint density at radius 2 is 1.69 bits per heavy atom. The van der Waals surface area contributed by atoms with E-state index in [1.165, 1.54) is 0 Å². The Morgan fingerprint density at radius 3 is 2.29 bits per heavy atom. The van der Waals surface area contributed by atoms with Crippen molar-refractivity contribution in [3.8, 4) is 11.5 Å². The molecule has 3 rings (SSSR count). The lowest BCUT2D eigenvalue weighted by molar-refractivity contribution is -0.139. The Bertz CT molecular complexity index is 1060. The first kappa shape index (κ1) is 26.0. The molecule has 0 spiro atoms. The number of aliphatic hydroxyl groups is 1. The zero-order chi connectivity index (χ0) is 25.4. The van der Waals surface area contributed by atoms with Gasteiger partial charge in [-0.25, -0.2) is 0 Å². The molecule has 1 saturated heterocycles. The lowest BCUT2D eigenvalue weighted by Gasteiger charge is -2.26. The molecule has 1 N–H and O–H groups in total. The molecule has 2 aromatic carbocycles. The van der Waals surface area contributed by atoms with Gasteiger partial charge in [-0.2, -0.15) is 0 Å². The molecule has 0 saturated carbocycles. The number of amides is 1. The van der Waals surface area contributed by atoms with Crippen LogP contribution in [0.2, 0.25) is 0 Å². The van der Waals surface area contributed by atoms with Crippen LogP contribution in [0, 0.1) is 0 Å². The second kappa shape index (κ2) is 12.2. The van der Waals surface area contributed by atoms with E-state index in [1.54, 1.807) is 35.2 Å². The summed E-state index contributed by atoms with van der Waals surface area (Å²) in [5, 5.41) is 11.2. The smallest absolute Gasteiger partial charge is 0.295 e. The number of hydrogen-bond acceptors (Lipinski definition) is 6. The van der Waals surface area contributed by atoms with Gasteiger partial charge in [-0.05, 0) is 75.4 Å². The quantitative estimate of drug-likeness (QED) is 0.211. The van der Waals surface area contributed by atoms with Gasteiger partial charge in [-0.15, -0.1) is 0 Å². The Hall–Kier alpha value is -3.58. The Morgan fingerprint density at radius 1 is 1.06 bits per heavy atom. The zero-order valence-corrected chi connectivity index (χ0v) is 20.7. The fraction of sp³-hybridized carbons (Fsp3) is 0.357. The molecule has 7 heteroatoms. The molecular formula is C28H34N2O5. The number of carbonyl (C=O) groups is 2. The highest BCUT2D eigenvalue weighted by Crippen LogP contribution is 2.40. The summed E-state index contributed by atoms with van der Waals surface area (Å²) in [6.07, 6.45) is 3.24. The minimum Gasteiger partial charge on any atom is -0.507 e. The van der Waals surface area contributed by atoms with Crippen LogP contribution < -0.4 is 9.47 Å². The van der Waals surface area contributed by atoms with E-state index in [1.807, 2.05) is 50.2 Å². The summed E-state index contributed by atoms with van der Waals surface area (Å²) < 4.78 is 11.2. The Balaban J connectivity index is 2.00. The molecule has 0 radical (unpaired) electrons. The molecule has 1 heterocycles. The standard InChI is InChI=1S/C28H34N2O5/c1-5-18-34-22-12-8-20(9-13-22)25-24(27(32)28(33)30(25)17-7-16-29(3)4)26(31)21-10-14-23(15-11-21)35-19-6-2/h6,8-15,25,31H,2,5,7,16-19H2,1,3-4H3/b26-24+/t25-/m1/s1. The summed E-state index contributed by atoms with van der Waals surface area (Å²) in [5.74, 6) is -0.159. The maximum Gasteiger partial charge on any atom is 0.295 e. The highest BCUT2D eigenvalue weighted by atomic mass is 16.5. The van der Waals surface area contributed by atoms with Crippen molar-refractivity contribution in [3.63, 3.8) is 0 Å². The first-order valence-electron chi connectivity index (χ1n) is 11.9. The first-order chi connectivity index (χ1) is 16.9. The Kier molecular flexibility index (Phi) is 9.09. The van der Waals surface area contributed by atoms with Crippen LogP contribution in [0.25, 0.3) is 5.76 Å². The number of carbonyl (C=O) groups excluding carboxylic acids is 2. The third kappa shape index (κ3) is 6.31. The number of rotatable bonds is 12. The molecule has 0 aliphatic carbocycles. The van der Waals surface area contributed by atoms with E-state index < -0.39 is 17.7 Å². The van der Waals surface area contributed by atoms with E-state index in [0.717, 1.165) is 24.3 Å². The maximum absolute atomic E-state index is 13.1. The summed E-state index contributed by atoms with van der Waals surface area (Å²) in [6.45, 7) is 7.80. The minimum atomic E-state index is -0.686. The van der Waals surface area contributed by atoms with Crippen LogP contribution in [0.3, 0.4) is 0 Å². The molecule has 0 aromatic heterocycles. The van der Waals surface area contributed by atoms with Crippen molar-refractivity contribution < 1.29 is 24.2 Å². The predicted molar refractivity (Wildman–Crippen MR) is 137 cm³/mol. The van der Waals surface area contributed by atoms with Gasteiger partial charge in [0.15, 0.2) is 0 Å². The topological polar surface area (TPSA) is 79.3 Å². The van der Waals surface area contributed by atoms with E-state index in [0.29, 0.717) is 37.5 Å². The van der Waals surface area contributed by atoms with E-state index in [-0.39, 0.29) is 11.3 Å². The monoisotopic (exact) mass is 478 g/mol. The highest BCUT2D eigenvalue weighted by Gasteiger charge is 2.45. The molecule has 7 nitrogen and oxygen atoms in total. The van der Waals surface area contributed by atoms with Gasteiger partial charge in [0.05, 0.1) is 18.2 Å². The van der Waals surface area contributed by atoms with Crippen LogP contribution in [-0.2, 0) is 9.59 Å². The van der Waals surface area contributed by atoms with Crippen LogP contribution in [0.15, 0.2) is 66.8 Å². The van der Waals surface area contributed by atoms with Crippen molar-refractivity contribution in [2.45, 2.75) is 25.8 Å². The second-order valence-corrected chi connectivity index (χ2v) is 8.69. The van der Waals surface area contributed by atoms with E-state index >= 15 is 0 Å². The number of nitrogens with zero attached hydrogens (tertiary/aromatic N) is 2. The highest BCUT2D eigenvalue weighted by molar-refractivity contribution is 6.46. The summed E-state index contributed by atoms with van der Waals surface area (Å²) in [4.78, 5) is 29.8. The number of Topliss-reactive ketones (excluding diaryl/α,β-unsaturated/α-hetero) is 1. The molecule has 0 bridgehead atoms. The average Bonchev–Trinajstić information content (AvgIpc) is 3.11. The van der Waals surface area contributed by atoms with Gasteiger partial charge in [-0.3, -0.25) is 9.59 Å². The molecule has 0 unspecified atom stereocenters. The van der Waals surface area contributed by atoms with Crippen LogP contribution in [0.5, 0.6) is 11.5 Å². The molecule has 1 aliphatic rings. The molecule has 1 atom stereocenters. The van der Waals surface area contributed by atoms with Crippen molar-refractivity contribution in [2.75, 3.05) is 40.4 Å². The van der Waals surface area contributed by atoms with E-state index in [4.69, 9.17) is 9.47 Å². The largest absolute Gasteiger partial charge is 0.507 e. The molecule has 186 valence electrons. The fourth-order valence-electron chi connectivity index (χ4n) is 4.00. The third-order valence-corrected chi connectivity index (χ3v) is 5.71. The average molecular weight is 479 g/mol. The lowest BCUT2D eigenvalue weighted by atomic mass is 9.95. The molecular weight excluding hydrogens is 444 g/mol. The fourth-order valence-corrected chi connectivity index (χ4v) is 4.00. The number of hydrogen-bond donors (Lipinski definition) is 1. The van der Waals surface area contributed by atoms with Crippen molar-refractivity contribution in [1.29, 1.82) is 0 Å². The zero-order valence-electron chi connectivity index (χ0n) is 20.7. The normalized spacial score (nSPS) is 17.1. The van der Waals surface area contributed by atoms with E-state index in [2.05, 4.69) is 6.58 Å². The summed E-state index contributed by atoms with van der Waals surface area (Å²) in [7, 11) is 3.92. The van der Waals surface area contributed by atoms with Gasteiger partial charge in [0.25, 0.3) is 11.7 Å². The summed E-state index contributed by atoms with van der Waals surface area (Å²) in [5.41, 5.74) is 1.27. The molecule has 1 fully saturated rings. The van der Waals surface area contributed by atoms with Crippen LogP contribution in [0.4, 0.5) is 0 Å². The molecule has 2 aromatic rings. The predicted octanol–water partition coefficient (Wildman–Crippen LogP) is 4.41. The van der Waals surface area contributed by atoms with Crippen LogP contribution in [0.1, 0.15) is 36.9 Å². The van der Waals surface area contributed by atoms with Crippen molar-refractivity contribution in [2.24, 2.45) is 0 Å². The lowest BCUT2D eigenvalue weighted by Crippen LogP contribution is -2.32. The first-order valence-corrected chi connectivity index (χ1v) is 11.9. The van der Waals surface area contributed by atoms with Gasteiger partial charge < -0.3 is 24.4 Å². The third-order valence-electron chi connectivity index (χ3n) is 5.71. The molecule has 35 heavy (non-hydrogen) atoms. The number of benzene rings is 2. The van der Waals surface area contributed by atoms with Crippen molar-refractivity contribution in [1.82, 2.24) is 9.80 Å². The number of aliphatic hydroxyl groups excluding tert-OH is 1. The Labute approximate surface area is 207 Å². The van der Waals surface area contributed by atoms with Gasteiger partial charge in [0.1, 0.15) is 23.9 Å². The van der Waals surface area contributed by atoms with Crippen LogP contribution >= 0.6 is 0 Å². The molecule has 1 amide bonds. The van der Waals surface area contributed by atoms with Gasteiger partial charge in [0.2, 0.25) is 0 Å². The number of likely N-dealkylation sites (tertiary alicyclic amines) is 1. The van der Waals surface area contributed by atoms with E-state index in [9.17, 15) is 14.7 Å². The van der Waals surface area contributed by atoms with Crippen LogP contribution in [-0.4, -0.2) is 67.0 Å². The summed E-state index contributed by atoms with van der Waals surface area (Å²) >= 11 is 0. The second-order valence-electron chi connectivity index (χ2n) is 8.69. The molecule has 1 aliphatic heterocycles. The van der Waals surface area contributed by atoms with Crippen molar-refractivity contribution in [3.05, 3.63) is 77.9 Å². The van der Waals surface area contributed by atoms with Gasteiger partial charge >= 0.3 is 0 Å². The van der Waals surface area contributed by atoms with Gasteiger partial charge in [-0.1, -0.05) is 31.7 Å². The minimum absolute atomic E-state index is 0.0850. The van der Waals surface area contributed by atoms with Crippen molar-refractivity contribution >= 4 is 17.4 Å².